The topological polar surface area (TPSA) is 61.3 Å². The van der Waals surface area contributed by atoms with Crippen molar-refractivity contribution in [2.75, 3.05) is 18.6 Å². The summed E-state index contributed by atoms with van der Waals surface area (Å²) in [7, 11) is 1.64. The molecule has 0 radical (unpaired) electrons. The van der Waals surface area contributed by atoms with Crippen LogP contribution in [-0.2, 0) is 0 Å². The number of hydrogen-bond acceptors (Lipinski definition) is 3. The highest BCUT2D eigenvalue weighted by molar-refractivity contribution is 5.71. The monoisotopic (exact) mass is 180 g/mol. The molecule has 0 saturated heterocycles. The van der Waals surface area contributed by atoms with Gasteiger partial charge >= 0.3 is 0 Å². The molecule has 0 spiro atoms. The van der Waals surface area contributed by atoms with Crippen LogP contribution in [0.3, 0.4) is 0 Å². The van der Waals surface area contributed by atoms with Crippen molar-refractivity contribution in [2.24, 2.45) is 0 Å². The maximum absolute atomic E-state index is 5.85. The second-order valence-electron chi connectivity index (χ2n) is 3.34. The van der Waals surface area contributed by atoms with E-state index in [1.54, 1.807) is 13.2 Å². The zero-order valence-electron chi connectivity index (χ0n) is 8.29. The van der Waals surface area contributed by atoms with Crippen LogP contribution >= 0.6 is 0 Å². The summed E-state index contributed by atoms with van der Waals surface area (Å²) in [5.41, 5.74) is 13.8. The third kappa shape index (κ3) is 1.69. The lowest BCUT2D eigenvalue weighted by molar-refractivity contribution is 0.408. The maximum atomic E-state index is 5.85. The Morgan fingerprint density at radius 1 is 1.23 bits per heavy atom. The van der Waals surface area contributed by atoms with E-state index >= 15 is 0 Å². The first-order chi connectivity index (χ1) is 6.07. The molecule has 0 aliphatic carbocycles. The summed E-state index contributed by atoms with van der Waals surface area (Å²) in [5, 5.41) is 0. The molecule has 0 saturated carbocycles. The summed E-state index contributed by atoms with van der Waals surface area (Å²) in [5.74, 6) is 1.13. The average molecular weight is 180 g/mol. The predicted molar refractivity (Wildman–Crippen MR) is 55.9 cm³/mol. The zero-order chi connectivity index (χ0) is 10.0. The molecule has 0 heterocycles. The Morgan fingerprint density at radius 3 is 2.31 bits per heavy atom. The Bertz CT molecular complexity index is 308. The molecule has 0 aliphatic rings. The molecule has 1 rings (SSSR count). The second-order valence-corrected chi connectivity index (χ2v) is 3.34. The molecule has 3 nitrogen and oxygen atoms in total. The number of nitrogens with two attached hydrogens (primary N) is 2. The summed E-state index contributed by atoms with van der Waals surface area (Å²) in [6.45, 7) is 4.13. The SMILES string of the molecule is COc1ccc(N)c(N)c1C(C)C. The van der Waals surface area contributed by atoms with Gasteiger partial charge in [-0.2, -0.15) is 0 Å². The molecule has 0 amide bonds. The average Bonchev–Trinajstić information content (AvgIpc) is 2.08. The van der Waals surface area contributed by atoms with Crippen molar-refractivity contribution in [1.82, 2.24) is 0 Å². The molecule has 0 unspecified atom stereocenters. The van der Waals surface area contributed by atoms with Crippen molar-refractivity contribution >= 4 is 11.4 Å². The molecule has 3 heteroatoms. The molecule has 4 N–H and O–H groups in total. The number of rotatable bonds is 2. The lowest BCUT2D eigenvalue weighted by Crippen LogP contribution is -2.03. The first kappa shape index (κ1) is 9.71. The van der Waals surface area contributed by atoms with Gasteiger partial charge in [-0.3, -0.25) is 0 Å². The van der Waals surface area contributed by atoms with Crippen LogP contribution in [-0.4, -0.2) is 7.11 Å². The smallest absolute Gasteiger partial charge is 0.124 e. The van der Waals surface area contributed by atoms with Gasteiger partial charge in [0.2, 0.25) is 0 Å². The van der Waals surface area contributed by atoms with E-state index < -0.39 is 0 Å². The van der Waals surface area contributed by atoms with Crippen LogP contribution in [0.2, 0.25) is 0 Å². The van der Waals surface area contributed by atoms with E-state index in [-0.39, 0.29) is 0 Å². The molecule has 13 heavy (non-hydrogen) atoms. The minimum absolute atomic E-state index is 0.318. The molecule has 0 aromatic heterocycles. The van der Waals surface area contributed by atoms with E-state index in [9.17, 15) is 0 Å². The number of benzene rings is 1. The quantitative estimate of drug-likeness (QED) is 0.684. The third-order valence-electron chi connectivity index (χ3n) is 2.08. The number of ether oxygens (including phenoxy) is 1. The van der Waals surface area contributed by atoms with Crippen LogP contribution in [0, 0.1) is 0 Å². The van der Waals surface area contributed by atoms with E-state index in [1.165, 1.54) is 0 Å². The Kier molecular flexibility index (Phi) is 2.66. The lowest BCUT2D eigenvalue weighted by Gasteiger charge is -2.15. The van der Waals surface area contributed by atoms with E-state index in [0.29, 0.717) is 17.3 Å². The minimum atomic E-state index is 0.318. The zero-order valence-corrected chi connectivity index (χ0v) is 8.29. The molecular weight excluding hydrogens is 164 g/mol. The molecule has 0 bridgehead atoms. The third-order valence-corrected chi connectivity index (χ3v) is 2.08. The summed E-state index contributed by atoms with van der Waals surface area (Å²) in [6.07, 6.45) is 0. The van der Waals surface area contributed by atoms with Gasteiger partial charge in [0.15, 0.2) is 0 Å². The first-order valence-corrected chi connectivity index (χ1v) is 4.29. The lowest BCUT2D eigenvalue weighted by atomic mass is 9.99. The van der Waals surface area contributed by atoms with Crippen molar-refractivity contribution in [2.45, 2.75) is 19.8 Å². The molecular formula is C10H16N2O. The van der Waals surface area contributed by atoms with Crippen molar-refractivity contribution in [1.29, 1.82) is 0 Å². The molecule has 72 valence electrons. The van der Waals surface area contributed by atoms with Gasteiger partial charge in [0.1, 0.15) is 5.75 Å². The van der Waals surface area contributed by atoms with E-state index in [2.05, 4.69) is 13.8 Å². The Balaban J connectivity index is 3.32. The van der Waals surface area contributed by atoms with Gasteiger partial charge in [0, 0.05) is 5.56 Å². The highest BCUT2D eigenvalue weighted by atomic mass is 16.5. The molecule has 0 fully saturated rings. The number of nitrogen functional groups attached to an aromatic ring is 2. The Labute approximate surface area is 78.7 Å². The van der Waals surface area contributed by atoms with Gasteiger partial charge in [0.25, 0.3) is 0 Å². The largest absolute Gasteiger partial charge is 0.496 e. The van der Waals surface area contributed by atoms with Gasteiger partial charge in [-0.25, -0.2) is 0 Å². The predicted octanol–water partition coefficient (Wildman–Crippen LogP) is 1.98. The standard InChI is InChI=1S/C10H16N2O/c1-6(2)9-8(13-3)5-4-7(11)10(9)12/h4-6H,11-12H2,1-3H3. The van der Waals surface area contributed by atoms with Crippen molar-refractivity contribution in [3.05, 3.63) is 17.7 Å². The van der Waals surface area contributed by atoms with Crippen LogP contribution in [0.25, 0.3) is 0 Å². The first-order valence-electron chi connectivity index (χ1n) is 4.29. The maximum Gasteiger partial charge on any atom is 0.124 e. The highest BCUT2D eigenvalue weighted by Crippen LogP contribution is 2.34. The van der Waals surface area contributed by atoms with Crippen molar-refractivity contribution in [3.63, 3.8) is 0 Å². The Morgan fingerprint density at radius 2 is 1.85 bits per heavy atom. The molecule has 1 aromatic carbocycles. The molecule has 0 aliphatic heterocycles. The minimum Gasteiger partial charge on any atom is -0.496 e. The van der Waals surface area contributed by atoms with Gasteiger partial charge < -0.3 is 16.2 Å². The number of methoxy groups -OCH3 is 1. The fourth-order valence-electron chi connectivity index (χ4n) is 1.41. The number of hydrogen-bond donors (Lipinski definition) is 2. The van der Waals surface area contributed by atoms with Gasteiger partial charge in [0.05, 0.1) is 18.5 Å². The number of anilines is 2. The summed E-state index contributed by atoms with van der Waals surface area (Å²) < 4.78 is 5.21. The molecule has 0 atom stereocenters. The fourth-order valence-corrected chi connectivity index (χ4v) is 1.41. The van der Waals surface area contributed by atoms with Crippen LogP contribution in [0.1, 0.15) is 25.3 Å². The van der Waals surface area contributed by atoms with Crippen LogP contribution < -0.4 is 16.2 Å². The summed E-state index contributed by atoms with van der Waals surface area (Å²) in [4.78, 5) is 0. The highest BCUT2D eigenvalue weighted by Gasteiger charge is 2.12. The van der Waals surface area contributed by atoms with Gasteiger partial charge in [-0.05, 0) is 18.1 Å². The summed E-state index contributed by atoms with van der Waals surface area (Å²) in [6, 6.07) is 3.61. The van der Waals surface area contributed by atoms with Crippen LogP contribution in [0.4, 0.5) is 11.4 Å². The van der Waals surface area contributed by atoms with Gasteiger partial charge in [-0.15, -0.1) is 0 Å². The van der Waals surface area contributed by atoms with Crippen LogP contribution in [0.15, 0.2) is 12.1 Å². The van der Waals surface area contributed by atoms with Crippen molar-refractivity contribution in [3.8, 4) is 5.75 Å². The van der Waals surface area contributed by atoms with Crippen LogP contribution in [0.5, 0.6) is 5.75 Å². The summed E-state index contributed by atoms with van der Waals surface area (Å²) >= 11 is 0. The van der Waals surface area contributed by atoms with E-state index in [4.69, 9.17) is 16.2 Å². The molecule has 1 aromatic rings. The van der Waals surface area contributed by atoms with E-state index in [1.807, 2.05) is 6.07 Å². The second kappa shape index (κ2) is 3.56. The fraction of sp³-hybridized carbons (Fsp3) is 0.400. The Hall–Kier alpha value is -1.38. The van der Waals surface area contributed by atoms with E-state index in [0.717, 1.165) is 11.3 Å². The van der Waals surface area contributed by atoms with Gasteiger partial charge in [-0.1, -0.05) is 13.8 Å². The van der Waals surface area contributed by atoms with Crippen molar-refractivity contribution < 1.29 is 4.74 Å². The normalized spacial score (nSPS) is 10.5.